The van der Waals surface area contributed by atoms with Gasteiger partial charge in [-0.25, -0.2) is 0 Å². The lowest BCUT2D eigenvalue weighted by Gasteiger charge is -2.37. The number of para-hydroxylation sites is 1. The summed E-state index contributed by atoms with van der Waals surface area (Å²) in [6, 6.07) is 11.8. The molecule has 1 atom stereocenters. The van der Waals surface area contributed by atoms with Gasteiger partial charge in [0.2, 0.25) is 0 Å². The number of furan rings is 1. The predicted octanol–water partition coefficient (Wildman–Crippen LogP) is 3.31. The van der Waals surface area contributed by atoms with Crippen LogP contribution < -0.4 is 0 Å². The minimum absolute atomic E-state index is 0.0395. The summed E-state index contributed by atoms with van der Waals surface area (Å²) in [6.45, 7) is 4.47. The summed E-state index contributed by atoms with van der Waals surface area (Å²) in [5.41, 5.74) is 1.85. The molecule has 27 heavy (non-hydrogen) atoms. The molecule has 2 aliphatic heterocycles. The molecule has 1 amide bonds. The summed E-state index contributed by atoms with van der Waals surface area (Å²) < 4.78 is 7.92. The van der Waals surface area contributed by atoms with E-state index in [-0.39, 0.29) is 11.9 Å². The molecule has 6 nitrogen and oxygen atoms in total. The lowest BCUT2D eigenvalue weighted by molar-refractivity contribution is 0.0602. The Hall–Kier alpha value is -2.60. The van der Waals surface area contributed by atoms with Gasteiger partial charge in [-0.15, -0.1) is 0 Å². The van der Waals surface area contributed by atoms with Crippen molar-refractivity contribution in [2.75, 3.05) is 26.2 Å². The van der Waals surface area contributed by atoms with Crippen molar-refractivity contribution < 1.29 is 9.21 Å². The minimum atomic E-state index is -0.0395. The van der Waals surface area contributed by atoms with E-state index >= 15 is 0 Å². The fraction of sp³-hybridized carbons (Fsp3) is 0.429. The van der Waals surface area contributed by atoms with Crippen LogP contribution >= 0.6 is 0 Å². The number of nitrogens with zero attached hydrogens (tertiary/aromatic N) is 4. The first-order chi connectivity index (χ1) is 13.3. The van der Waals surface area contributed by atoms with Crippen molar-refractivity contribution >= 4 is 16.9 Å². The van der Waals surface area contributed by atoms with Gasteiger partial charge in [0, 0.05) is 24.7 Å². The predicted molar refractivity (Wildman–Crippen MR) is 103 cm³/mol. The van der Waals surface area contributed by atoms with Gasteiger partial charge in [0.05, 0.1) is 18.3 Å². The number of benzene rings is 1. The molecule has 0 N–H and O–H groups in total. The van der Waals surface area contributed by atoms with Gasteiger partial charge in [-0.05, 0) is 44.1 Å². The molecular weight excluding hydrogens is 340 g/mol. The Kier molecular flexibility index (Phi) is 4.20. The third kappa shape index (κ3) is 3.14. The second kappa shape index (κ2) is 6.85. The molecule has 1 saturated heterocycles. The maximum atomic E-state index is 13.1. The van der Waals surface area contributed by atoms with Crippen LogP contribution in [0, 0.1) is 0 Å². The van der Waals surface area contributed by atoms with Crippen molar-refractivity contribution in [2.24, 2.45) is 0 Å². The standard InChI is InChI=1S/C21H24N4O2/c26-21(20-12-16-6-2-3-7-19(16)27-20)24-14-17-8-9-22-25(17)18(15-24)13-23-10-4-1-5-11-23/h2-3,6-9,12,18H,1,4-5,10-11,13-15H2. The highest BCUT2D eigenvalue weighted by Crippen LogP contribution is 2.26. The first-order valence-electron chi connectivity index (χ1n) is 9.80. The summed E-state index contributed by atoms with van der Waals surface area (Å²) >= 11 is 0. The zero-order valence-electron chi connectivity index (χ0n) is 15.4. The van der Waals surface area contributed by atoms with Crippen LogP contribution in [0.2, 0.25) is 0 Å². The fourth-order valence-electron chi connectivity index (χ4n) is 4.36. The zero-order chi connectivity index (χ0) is 18.2. The monoisotopic (exact) mass is 364 g/mol. The van der Waals surface area contributed by atoms with Crippen LogP contribution in [0.4, 0.5) is 0 Å². The molecule has 0 spiro atoms. The van der Waals surface area contributed by atoms with Gasteiger partial charge in [0.1, 0.15) is 5.58 Å². The first kappa shape index (κ1) is 16.6. The molecule has 1 fully saturated rings. The molecule has 1 aromatic carbocycles. The molecule has 6 heteroatoms. The third-order valence-electron chi connectivity index (χ3n) is 5.72. The molecule has 5 rings (SSSR count). The Labute approximate surface area is 158 Å². The normalized spacial score (nSPS) is 20.7. The average Bonchev–Trinajstić information content (AvgIpc) is 3.35. The van der Waals surface area contributed by atoms with E-state index in [9.17, 15) is 4.79 Å². The van der Waals surface area contributed by atoms with Gasteiger partial charge in [-0.2, -0.15) is 5.10 Å². The number of hydrogen-bond acceptors (Lipinski definition) is 4. The van der Waals surface area contributed by atoms with Crippen molar-refractivity contribution in [3.63, 3.8) is 0 Å². The van der Waals surface area contributed by atoms with E-state index in [1.54, 1.807) is 0 Å². The summed E-state index contributed by atoms with van der Waals surface area (Å²) in [7, 11) is 0. The maximum absolute atomic E-state index is 13.1. The second-order valence-electron chi connectivity index (χ2n) is 7.62. The Balaban J connectivity index is 1.39. The molecule has 4 heterocycles. The SMILES string of the molecule is O=C(c1cc2ccccc2o1)N1Cc2ccnn2C(CN2CCCCC2)C1. The topological polar surface area (TPSA) is 54.5 Å². The molecular formula is C21H24N4O2. The number of aromatic nitrogens is 2. The largest absolute Gasteiger partial charge is 0.451 e. The van der Waals surface area contributed by atoms with Gasteiger partial charge >= 0.3 is 0 Å². The number of carbonyl (C=O) groups excluding carboxylic acids is 1. The van der Waals surface area contributed by atoms with Crippen molar-refractivity contribution in [3.05, 3.63) is 54.0 Å². The van der Waals surface area contributed by atoms with Crippen LogP contribution in [0.3, 0.4) is 0 Å². The highest BCUT2D eigenvalue weighted by atomic mass is 16.3. The van der Waals surface area contributed by atoms with Crippen LogP contribution in [0.1, 0.15) is 41.6 Å². The second-order valence-corrected chi connectivity index (χ2v) is 7.62. The van der Waals surface area contributed by atoms with Gasteiger partial charge in [-0.3, -0.25) is 9.48 Å². The summed E-state index contributed by atoms with van der Waals surface area (Å²) in [5.74, 6) is 0.378. The Morgan fingerprint density at radius 1 is 1.15 bits per heavy atom. The van der Waals surface area contributed by atoms with E-state index in [1.807, 2.05) is 47.5 Å². The summed E-state index contributed by atoms with van der Waals surface area (Å²) in [4.78, 5) is 17.5. The van der Waals surface area contributed by atoms with Crippen molar-refractivity contribution in [2.45, 2.75) is 31.8 Å². The van der Waals surface area contributed by atoms with Gasteiger partial charge in [0.25, 0.3) is 5.91 Å². The number of amides is 1. The van der Waals surface area contributed by atoms with E-state index in [0.717, 1.165) is 36.3 Å². The number of rotatable bonds is 3. The number of piperidine rings is 1. The van der Waals surface area contributed by atoms with Crippen LogP contribution in [-0.2, 0) is 6.54 Å². The van der Waals surface area contributed by atoms with E-state index < -0.39 is 0 Å². The van der Waals surface area contributed by atoms with Crippen LogP contribution in [-0.4, -0.2) is 51.7 Å². The Morgan fingerprint density at radius 3 is 2.85 bits per heavy atom. The van der Waals surface area contributed by atoms with Crippen LogP contribution in [0.15, 0.2) is 47.0 Å². The molecule has 2 aliphatic rings. The molecule has 1 unspecified atom stereocenters. The summed E-state index contributed by atoms with van der Waals surface area (Å²) in [5, 5.41) is 5.50. The molecule has 3 aromatic rings. The fourth-order valence-corrected chi connectivity index (χ4v) is 4.36. The number of fused-ring (bicyclic) bond motifs is 2. The van der Waals surface area contributed by atoms with E-state index in [0.29, 0.717) is 18.8 Å². The Morgan fingerprint density at radius 2 is 2.00 bits per heavy atom. The van der Waals surface area contributed by atoms with E-state index in [2.05, 4.69) is 14.7 Å². The zero-order valence-corrected chi connectivity index (χ0v) is 15.4. The van der Waals surface area contributed by atoms with Gasteiger partial charge in [-0.1, -0.05) is 24.6 Å². The van der Waals surface area contributed by atoms with Gasteiger partial charge < -0.3 is 14.2 Å². The number of likely N-dealkylation sites (tertiary alicyclic amines) is 1. The number of carbonyl (C=O) groups is 1. The minimum Gasteiger partial charge on any atom is -0.451 e. The lowest BCUT2D eigenvalue weighted by Crippen LogP contribution is -2.46. The lowest BCUT2D eigenvalue weighted by atomic mass is 10.1. The average molecular weight is 364 g/mol. The summed E-state index contributed by atoms with van der Waals surface area (Å²) in [6.07, 6.45) is 5.69. The van der Waals surface area contributed by atoms with Gasteiger partial charge in [0.15, 0.2) is 5.76 Å². The van der Waals surface area contributed by atoms with Crippen molar-refractivity contribution in [1.82, 2.24) is 19.6 Å². The highest BCUT2D eigenvalue weighted by molar-refractivity contribution is 5.96. The number of hydrogen-bond donors (Lipinski definition) is 0. The maximum Gasteiger partial charge on any atom is 0.290 e. The molecule has 0 saturated carbocycles. The third-order valence-corrected chi connectivity index (χ3v) is 5.72. The smallest absolute Gasteiger partial charge is 0.290 e. The molecule has 0 aliphatic carbocycles. The molecule has 2 aromatic heterocycles. The molecule has 0 radical (unpaired) electrons. The highest BCUT2D eigenvalue weighted by Gasteiger charge is 2.31. The first-order valence-corrected chi connectivity index (χ1v) is 9.80. The van der Waals surface area contributed by atoms with Crippen molar-refractivity contribution in [3.8, 4) is 0 Å². The van der Waals surface area contributed by atoms with Crippen molar-refractivity contribution in [1.29, 1.82) is 0 Å². The molecule has 0 bridgehead atoms. The van der Waals surface area contributed by atoms with Crippen LogP contribution in [0.25, 0.3) is 11.0 Å². The van der Waals surface area contributed by atoms with E-state index in [1.165, 1.54) is 19.3 Å². The Bertz CT molecular complexity index is 921. The quantitative estimate of drug-likeness (QED) is 0.715. The molecule has 140 valence electrons. The van der Waals surface area contributed by atoms with E-state index in [4.69, 9.17) is 4.42 Å². The van der Waals surface area contributed by atoms with Crippen LogP contribution in [0.5, 0.6) is 0 Å².